The summed E-state index contributed by atoms with van der Waals surface area (Å²) in [6.45, 7) is 0. The maximum absolute atomic E-state index is 13.5. The van der Waals surface area contributed by atoms with E-state index in [-0.39, 0.29) is 5.56 Å². The van der Waals surface area contributed by atoms with Crippen LogP contribution in [0.4, 0.5) is 30.7 Å². The van der Waals surface area contributed by atoms with Crippen molar-refractivity contribution in [3.8, 4) is 0 Å². The van der Waals surface area contributed by atoms with Gasteiger partial charge in [-0.2, -0.15) is 26.3 Å². The van der Waals surface area contributed by atoms with Crippen LogP contribution in [-0.2, 0) is 6.42 Å². The highest BCUT2D eigenvalue weighted by atomic mass is 79.9. The molecule has 1 nitrogen and oxygen atoms in total. The van der Waals surface area contributed by atoms with Gasteiger partial charge in [0.15, 0.2) is 5.92 Å². The Morgan fingerprint density at radius 3 is 2.05 bits per heavy atom. The molecule has 0 radical (unpaired) electrons. The van der Waals surface area contributed by atoms with E-state index in [2.05, 4.69) is 15.9 Å². The molecule has 0 fully saturated rings. The SMILES string of the molecule is CNC(Cc1cc(Br)ccc1F)C(C(F)(F)F)C(F)(F)F. The van der Waals surface area contributed by atoms with Crippen LogP contribution in [0.1, 0.15) is 5.56 Å². The monoisotopic (exact) mass is 381 g/mol. The highest BCUT2D eigenvalue weighted by Gasteiger charge is 2.59. The molecule has 0 heterocycles. The number of alkyl halides is 6. The van der Waals surface area contributed by atoms with Crippen molar-refractivity contribution in [1.29, 1.82) is 0 Å². The van der Waals surface area contributed by atoms with Gasteiger partial charge in [-0.25, -0.2) is 4.39 Å². The van der Waals surface area contributed by atoms with Crippen LogP contribution in [0.3, 0.4) is 0 Å². The second kappa shape index (κ2) is 6.51. The molecule has 0 amide bonds. The van der Waals surface area contributed by atoms with Crippen LogP contribution in [0.2, 0.25) is 0 Å². The first kappa shape index (κ1) is 18.2. The van der Waals surface area contributed by atoms with Crippen LogP contribution < -0.4 is 5.32 Å². The van der Waals surface area contributed by atoms with E-state index in [1.807, 2.05) is 5.32 Å². The first-order chi connectivity index (χ1) is 9.46. The Morgan fingerprint density at radius 2 is 1.62 bits per heavy atom. The quantitative estimate of drug-likeness (QED) is 0.759. The number of likely N-dealkylation sites (N-methyl/N-ethyl adjacent to an activating group) is 1. The zero-order valence-corrected chi connectivity index (χ0v) is 12.2. The topological polar surface area (TPSA) is 12.0 Å². The highest BCUT2D eigenvalue weighted by Crippen LogP contribution is 2.42. The van der Waals surface area contributed by atoms with Crippen LogP contribution in [0.5, 0.6) is 0 Å². The molecule has 1 aromatic carbocycles. The van der Waals surface area contributed by atoms with Gasteiger partial charge in [-0.3, -0.25) is 0 Å². The van der Waals surface area contributed by atoms with Gasteiger partial charge in [-0.15, -0.1) is 0 Å². The summed E-state index contributed by atoms with van der Waals surface area (Å²) in [7, 11) is 0.977. The lowest BCUT2D eigenvalue weighted by molar-refractivity contribution is -0.291. The van der Waals surface area contributed by atoms with Gasteiger partial charge in [-0.05, 0) is 37.2 Å². The van der Waals surface area contributed by atoms with E-state index in [9.17, 15) is 30.7 Å². The molecule has 1 N–H and O–H groups in total. The second-order valence-corrected chi connectivity index (χ2v) is 5.31. The van der Waals surface area contributed by atoms with E-state index in [0.29, 0.717) is 4.47 Å². The van der Waals surface area contributed by atoms with Crippen LogP contribution in [-0.4, -0.2) is 25.4 Å². The molecule has 1 rings (SSSR count). The third-order valence-corrected chi connectivity index (χ3v) is 3.42. The average molecular weight is 382 g/mol. The first-order valence-corrected chi connectivity index (χ1v) is 6.50. The minimum atomic E-state index is -5.48. The fourth-order valence-electron chi connectivity index (χ4n) is 1.97. The van der Waals surface area contributed by atoms with E-state index >= 15 is 0 Å². The minimum absolute atomic E-state index is 0.234. The van der Waals surface area contributed by atoms with Crippen molar-refractivity contribution < 1.29 is 30.7 Å². The number of nitrogens with one attached hydrogen (secondary N) is 1. The van der Waals surface area contributed by atoms with E-state index in [1.165, 1.54) is 6.07 Å². The molecule has 120 valence electrons. The second-order valence-electron chi connectivity index (χ2n) is 4.40. The Hall–Kier alpha value is -0.830. The molecule has 1 aromatic rings. The molecule has 0 aromatic heterocycles. The third kappa shape index (κ3) is 4.84. The van der Waals surface area contributed by atoms with E-state index in [1.54, 1.807) is 0 Å². The summed E-state index contributed by atoms with van der Waals surface area (Å²) >= 11 is 2.99. The van der Waals surface area contributed by atoms with Gasteiger partial charge in [0.1, 0.15) is 5.82 Å². The van der Waals surface area contributed by atoms with Crippen molar-refractivity contribution in [2.45, 2.75) is 24.8 Å². The summed E-state index contributed by atoms with van der Waals surface area (Å²) in [6, 6.07) is 1.41. The smallest absolute Gasteiger partial charge is 0.316 e. The van der Waals surface area contributed by atoms with Gasteiger partial charge in [0.2, 0.25) is 0 Å². The molecule has 0 aliphatic rings. The summed E-state index contributed by atoms with van der Waals surface area (Å²) in [5.41, 5.74) is -0.234. The van der Waals surface area contributed by atoms with Crippen molar-refractivity contribution in [1.82, 2.24) is 5.32 Å². The molecule has 1 atom stereocenters. The predicted molar refractivity (Wildman–Crippen MR) is 66.3 cm³/mol. The maximum Gasteiger partial charge on any atom is 0.402 e. The van der Waals surface area contributed by atoms with Crippen LogP contribution in [0.25, 0.3) is 0 Å². The van der Waals surface area contributed by atoms with Gasteiger partial charge in [-0.1, -0.05) is 15.9 Å². The van der Waals surface area contributed by atoms with E-state index in [0.717, 1.165) is 19.2 Å². The minimum Gasteiger partial charge on any atom is -0.316 e. The van der Waals surface area contributed by atoms with E-state index in [4.69, 9.17) is 0 Å². The van der Waals surface area contributed by atoms with Crippen molar-refractivity contribution in [3.63, 3.8) is 0 Å². The summed E-state index contributed by atoms with van der Waals surface area (Å²) in [5.74, 6) is -4.44. The zero-order valence-electron chi connectivity index (χ0n) is 10.6. The lowest BCUT2D eigenvalue weighted by Crippen LogP contribution is -2.51. The molecule has 21 heavy (non-hydrogen) atoms. The van der Waals surface area contributed by atoms with Gasteiger partial charge in [0.25, 0.3) is 0 Å². The first-order valence-electron chi connectivity index (χ1n) is 5.71. The molecule has 9 heteroatoms. The van der Waals surface area contributed by atoms with Crippen LogP contribution in [0, 0.1) is 11.7 Å². The summed E-state index contributed by atoms with van der Waals surface area (Å²) in [6.07, 6.45) is -11.7. The Morgan fingerprint density at radius 1 is 1.10 bits per heavy atom. The van der Waals surface area contributed by atoms with Gasteiger partial charge in [0, 0.05) is 10.5 Å². The normalized spacial score (nSPS) is 14.6. The van der Waals surface area contributed by atoms with Crippen molar-refractivity contribution in [2.75, 3.05) is 7.05 Å². The lowest BCUT2D eigenvalue weighted by Gasteiger charge is -2.30. The average Bonchev–Trinajstić information content (AvgIpc) is 2.29. The Labute approximate surface area is 124 Å². The van der Waals surface area contributed by atoms with E-state index < -0.39 is 36.6 Å². The van der Waals surface area contributed by atoms with Crippen LogP contribution in [0.15, 0.2) is 22.7 Å². The molecule has 1 unspecified atom stereocenters. The van der Waals surface area contributed by atoms with Gasteiger partial charge in [0.05, 0.1) is 0 Å². The number of benzene rings is 1. The molecule has 0 aliphatic carbocycles. The van der Waals surface area contributed by atoms with Crippen molar-refractivity contribution in [2.24, 2.45) is 5.92 Å². The molecule has 0 spiro atoms. The molecular weight excluding hydrogens is 371 g/mol. The summed E-state index contributed by atoms with van der Waals surface area (Å²) in [4.78, 5) is 0. The number of hydrogen-bond donors (Lipinski definition) is 1. The summed E-state index contributed by atoms with van der Waals surface area (Å²) in [5, 5.41) is 1.99. The maximum atomic E-state index is 13.5. The largest absolute Gasteiger partial charge is 0.402 e. The fraction of sp³-hybridized carbons (Fsp3) is 0.500. The van der Waals surface area contributed by atoms with Gasteiger partial charge >= 0.3 is 12.4 Å². The third-order valence-electron chi connectivity index (χ3n) is 2.93. The summed E-state index contributed by atoms with van der Waals surface area (Å²) < 4.78 is 89.9. The Bertz CT molecular complexity index is 469. The van der Waals surface area contributed by atoms with Gasteiger partial charge < -0.3 is 5.32 Å². The molecular formula is C12H11BrF7N. The highest BCUT2D eigenvalue weighted by molar-refractivity contribution is 9.10. The fourth-order valence-corrected chi connectivity index (χ4v) is 2.37. The zero-order chi connectivity index (χ0) is 16.4. The van der Waals surface area contributed by atoms with Crippen molar-refractivity contribution in [3.05, 3.63) is 34.1 Å². The molecule has 0 saturated heterocycles. The molecule has 0 aliphatic heterocycles. The van der Waals surface area contributed by atoms with Crippen LogP contribution >= 0.6 is 15.9 Å². The van der Waals surface area contributed by atoms with Crippen molar-refractivity contribution >= 4 is 15.9 Å². The molecule has 0 bridgehead atoms. The lowest BCUT2D eigenvalue weighted by atomic mass is 9.92. The number of rotatable bonds is 4. The predicted octanol–water partition coefficient (Wildman–Crippen LogP) is 4.46. The Balaban J connectivity index is 3.13. The standard InChI is InChI=1S/C12H11BrF7N/c1-21-9(10(11(15,16)17)12(18,19)20)5-6-4-7(13)2-3-8(6)14/h2-4,9-10,21H,5H2,1H3. The number of hydrogen-bond acceptors (Lipinski definition) is 1. The number of halogens is 8. The Kier molecular flexibility index (Phi) is 5.65. The molecule has 0 saturated carbocycles.